The number of alkyl halides is 16. The van der Waals surface area contributed by atoms with Crippen molar-refractivity contribution in [2.45, 2.75) is 112 Å². The summed E-state index contributed by atoms with van der Waals surface area (Å²) >= 11 is 0. The van der Waals surface area contributed by atoms with Gasteiger partial charge in [-0.15, -0.1) is 0 Å². The van der Waals surface area contributed by atoms with Gasteiger partial charge in [0.1, 0.15) is 0 Å². The number of hydrogen-bond donors (Lipinski definition) is 0. The van der Waals surface area contributed by atoms with Crippen LogP contribution in [0.15, 0.2) is 24.3 Å². The zero-order chi connectivity index (χ0) is 34.9. The summed E-state index contributed by atoms with van der Waals surface area (Å²) in [6.07, 6.45) is 1.84. The van der Waals surface area contributed by atoms with Crippen molar-refractivity contribution in [3.8, 4) is 0 Å². The molecule has 0 spiro atoms. The van der Waals surface area contributed by atoms with Gasteiger partial charge in [0.15, 0.2) is 6.61 Å². The summed E-state index contributed by atoms with van der Waals surface area (Å²) in [6, 6.07) is 4.68. The highest BCUT2D eigenvalue weighted by molar-refractivity contribution is 5.89. The van der Waals surface area contributed by atoms with E-state index in [1.54, 1.807) is 0 Å². The molecule has 0 unspecified atom stereocenters. The van der Waals surface area contributed by atoms with Crippen molar-refractivity contribution in [3.05, 3.63) is 35.4 Å². The Balaban J connectivity index is 2.15. The second kappa shape index (κ2) is 13.4. The number of rotatable bonds is 15. The minimum absolute atomic E-state index is 0.0515. The Morgan fingerprint density at radius 3 is 1.64 bits per heavy atom. The first kappa shape index (κ1) is 38.8. The van der Waals surface area contributed by atoms with Gasteiger partial charge in [-0.2, -0.15) is 61.5 Å². The molecule has 1 aliphatic rings. The standard InChI is InChI=1S/C27H28F16O2/c1-2-3-4-5-15-6-8-16(9-7-15)17-10-12-18(13-11-17)19(44)45-14-21(30,31)23(34,35)25(38,39)27(42,43)26(40,41)24(36,37)22(32,33)20(28)29/h10-13,15-16,20H,2-9,14H2,1H3/t15-,16-. The molecule has 0 radical (unpaired) electrons. The van der Waals surface area contributed by atoms with Crippen molar-refractivity contribution in [1.82, 2.24) is 0 Å². The smallest absolute Gasteiger partial charge is 0.385 e. The van der Waals surface area contributed by atoms with Gasteiger partial charge in [-0.25, -0.2) is 13.6 Å². The lowest BCUT2D eigenvalue weighted by Gasteiger charge is -2.42. The average Bonchev–Trinajstić information content (AvgIpc) is 2.95. The van der Waals surface area contributed by atoms with Crippen LogP contribution >= 0.6 is 0 Å². The molecule has 2 rings (SSSR count). The van der Waals surface area contributed by atoms with Gasteiger partial charge in [0, 0.05) is 0 Å². The number of hydrogen-bond acceptors (Lipinski definition) is 2. The number of unbranched alkanes of at least 4 members (excludes halogenated alkanes) is 2. The largest absolute Gasteiger partial charge is 0.455 e. The first-order valence-electron chi connectivity index (χ1n) is 13.5. The molecule has 1 aromatic rings. The Hall–Kier alpha value is -2.43. The normalized spacial score (nSPS) is 19.6. The average molecular weight is 688 g/mol. The Labute approximate surface area is 246 Å². The number of carbonyl (C=O) groups is 1. The number of esters is 1. The minimum atomic E-state index is -8.50. The maximum absolute atomic E-state index is 14.0. The first-order chi connectivity index (χ1) is 20.3. The summed E-state index contributed by atoms with van der Waals surface area (Å²) < 4.78 is 219. The monoisotopic (exact) mass is 688 g/mol. The van der Waals surface area contributed by atoms with Gasteiger partial charge < -0.3 is 4.74 Å². The van der Waals surface area contributed by atoms with Gasteiger partial charge in [0.05, 0.1) is 5.56 Å². The van der Waals surface area contributed by atoms with Crippen LogP contribution in [0.25, 0.3) is 0 Å². The highest BCUT2D eigenvalue weighted by atomic mass is 19.4. The zero-order valence-electron chi connectivity index (χ0n) is 23.3. The van der Waals surface area contributed by atoms with Crippen LogP contribution in [-0.2, 0) is 4.74 Å². The summed E-state index contributed by atoms with van der Waals surface area (Å²) in [5, 5.41) is 0. The van der Waals surface area contributed by atoms with E-state index in [4.69, 9.17) is 0 Å². The van der Waals surface area contributed by atoms with Crippen LogP contribution < -0.4 is 0 Å². The summed E-state index contributed by atoms with van der Waals surface area (Å²) in [5.74, 6) is -56.8. The first-order valence-corrected chi connectivity index (χ1v) is 13.5. The lowest BCUT2D eigenvalue weighted by molar-refractivity contribution is -0.447. The van der Waals surface area contributed by atoms with Crippen LogP contribution in [0.4, 0.5) is 70.2 Å². The third-order valence-corrected chi connectivity index (χ3v) is 7.79. The van der Waals surface area contributed by atoms with Gasteiger partial charge in [-0.1, -0.05) is 44.7 Å². The van der Waals surface area contributed by atoms with E-state index in [2.05, 4.69) is 11.7 Å². The molecule has 1 aromatic carbocycles. The Kier molecular flexibility index (Phi) is 11.5. The molecular formula is C27H28F16O2. The molecule has 2 nitrogen and oxygen atoms in total. The molecule has 0 aromatic heterocycles. The Bertz CT molecular complexity index is 1130. The van der Waals surface area contributed by atoms with Crippen molar-refractivity contribution in [1.29, 1.82) is 0 Å². The lowest BCUT2D eigenvalue weighted by Crippen LogP contribution is -2.74. The molecule has 0 heterocycles. The van der Waals surface area contributed by atoms with Crippen molar-refractivity contribution in [2.75, 3.05) is 6.61 Å². The summed E-state index contributed by atoms with van der Waals surface area (Å²) in [6.45, 7) is -1.13. The second-order valence-corrected chi connectivity index (χ2v) is 10.9. The van der Waals surface area contributed by atoms with Gasteiger partial charge in [0.25, 0.3) is 0 Å². The molecule has 0 bridgehead atoms. The van der Waals surface area contributed by atoms with E-state index < -0.39 is 66.0 Å². The lowest BCUT2D eigenvalue weighted by atomic mass is 9.77. The number of ether oxygens (including phenoxy) is 1. The molecule has 1 aliphatic carbocycles. The van der Waals surface area contributed by atoms with Crippen LogP contribution in [0.1, 0.15) is 80.1 Å². The van der Waals surface area contributed by atoms with Crippen LogP contribution in [0.2, 0.25) is 0 Å². The van der Waals surface area contributed by atoms with Crippen molar-refractivity contribution in [2.24, 2.45) is 5.92 Å². The van der Waals surface area contributed by atoms with Gasteiger partial charge in [-0.05, 0) is 55.2 Å². The van der Waals surface area contributed by atoms with E-state index in [-0.39, 0.29) is 5.92 Å². The number of benzene rings is 1. The third kappa shape index (κ3) is 6.98. The summed E-state index contributed by atoms with van der Waals surface area (Å²) in [7, 11) is 0. The Morgan fingerprint density at radius 1 is 0.711 bits per heavy atom. The van der Waals surface area contributed by atoms with Crippen LogP contribution in [-0.4, -0.2) is 60.5 Å². The zero-order valence-corrected chi connectivity index (χ0v) is 23.3. The molecule has 260 valence electrons. The second-order valence-electron chi connectivity index (χ2n) is 10.9. The molecule has 0 aliphatic heterocycles. The SMILES string of the molecule is CCCCC[C@H]1CC[C@H](c2ccc(C(=O)OCC(F)(F)C(F)(F)C(F)(F)C(F)(F)C(F)(F)C(F)(F)C(F)(F)C(F)F)cc2)CC1. The molecule has 0 N–H and O–H groups in total. The highest BCUT2D eigenvalue weighted by Crippen LogP contribution is 2.62. The fourth-order valence-electron chi connectivity index (χ4n) is 4.86. The van der Waals surface area contributed by atoms with E-state index in [1.165, 1.54) is 12.1 Å². The van der Waals surface area contributed by atoms with E-state index in [0.717, 1.165) is 63.5 Å². The summed E-state index contributed by atoms with van der Waals surface area (Å²) in [4.78, 5) is 12.1. The highest BCUT2D eigenvalue weighted by Gasteiger charge is 2.93. The molecule has 18 heteroatoms. The van der Waals surface area contributed by atoms with E-state index >= 15 is 0 Å². The van der Waals surface area contributed by atoms with Crippen molar-refractivity contribution >= 4 is 5.97 Å². The van der Waals surface area contributed by atoms with Crippen LogP contribution in [0, 0.1) is 5.92 Å². The van der Waals surface area contributed by atoms with E-state index in [0.29, 0.717) is 11.5 Å². The van der Waals surface area contributed by atoms with E-state index in [1.807, 2.05) is 0 Å². The topological polar surface area (TPSA) is 26.3 Å². The van der Waals surface area contributed by atoms with Crippen molar-refractivity contribution in [3.63, 3.8) is 0 Å². The Morgan fingerprint density at radius 2 is 1.18 bits per heavy atom. The van der Waals surface area contributed by atoms with E-state index in [9.17, 15) is 75.0 Å². The minimum Gasteiger partial charge on any atom is -0.455 e. The molecule has 1 fully saturated rings. The predicted octanol–water partition coefficient (Wildman–Crippen LogP) is 10.4. The maximum atomic E-state index is 14.0. The predicted molar refractivity (Wildman–Crippen MR) is 126 cm³/mol. The van der Waals surface area contributed by atoms with Crippen LogP contribution in [0.3, 0.4) is 0 Å². The fraction of sp³-hybridized carbons (Fsp3) is 0.741. The van der Waals surface area contributed by atoms with Crippen LogP contribution in [0.5, 0.6) is 0 Å². The quantitative estimate of drug-likeness (QED) is 0.104. The summed E-state index contributed by atoms with van der Waals surface area (Å²) in [5.41, 5.74) is 0.0797. The number of halogens is 16. The number of carbonyl (C=O) groups excluding carboxylic acids is 1. The van der Waals surface area contributed by atoms with Gasteiger partial charge in [0.2, 0.25) is 0 Å². The molecule has 1 saturated carbocycles. The molecular weight excluding hydrogens is 660 g/mol. The van der Waals surface area contributed by atoms with Gasteiger partial charge in [-0.3, -0.25) is 0 Å². The molecule has 0 amide bonds. The van der Waals surface area contributed by atoms with Crippen molar-refractivity contribution < 1.29 is 79.8 Å². The molecule has 0 atom stereocenters. The molecule has 0 saturated heterocycles. The molecule has 45 heavy (non-hydrogen) atoms. The maximum Gasteiger partial charge on any atom is 0.385 e. The fourth-order valence-corrected chi connectivity index (χ4v) is 4.86. The van der Waals surface area contributed by atoms with Gasteiger partial charge >= 0.3 is 53.9 Å². The third-order valence-electron chi connectivity index (χ3n) is 7.79.